The minimum atomic E-state index is -0.217. The predicted octanol–water partition coefficient (Wildman–Crippen LogP) is 2.13. The number of rotatable bonds is 4. The second kappa shape index (κ2) is 7.46. The molecule has 1 aliphatic heterocycles. The van der Waals surface area contributed by atoms with Crippen molar-refractivity contribution in [3.8, 4) is 0 Å². The highest BCUT2D eigenvalue weighted by Gasteiger charge is 2.28. The van der Waals surface area contributed by atoms with Gasteiger partial charge in [0.15, 0.2) is 0 Å². The summed E-state index contributed by atoms with van der Waals surface area (Å²) in [6.07, 6.45) is 3.15. The van der Waals surface area contributed by atoms with E-state index in [0.717, 1.165) is 31.4 Å². The Morgan fingerprint density at radius 3 is 2.95 bits per heavy atom. The van der Waals surface area contributed by atoms with E-state index in [-0.39, 0.29) is 30.2 Å². The third-order valence-corrected chi connectivity index (χ3v) is 3.42. The van der Waals surface area contributed by atoms with Gasteiger partial charge in [0.05, 0.1) is 0 Å². The van der Waals surface area contributed by atoms with Crippen LogP contribution in [0.5, 0.6) is 0 Å². The van der Waals surface area contributed by atoms with Gasteiger partial charge in [0.2, 0.25) is 5.91 Å². The van der Waals surface area contributed by atoms with Crippen molar-refractivity contribution in [1.82, 2.24) is 4.90 Å². The number of benzene rings is 1. The molecule has 1 heterocycles. The largest absolute Gasteiger partial charge is 0.339 e. The first kappa shape index (κ1) is 15.9. The van der Waals surface area contributed by atoms with Gasteiger partial charge in [-0.25, -0.2) is 4.39 Å². The van der Waals surface area contributed by atoms with Gasteiger partial charge < -0.3 is 10.6 Å². The number of hydrogen-bond acceptors (Lipinski definition) is 2. The summed E-state index contributed by atoms with van der Waals surface area (Å²) in [6, 6.07) is 6.81. The molecule has 1 amide bonds. The number of amides is 1. The molecule has 1 fully saturated rings. The molecule has 1 atom stereocenters. The average Bonchev–Trinajstić information content (AvgIpc) is 2.77. The molecule has 1 aromatic carbocycles. The van der Waals surface area contributed by atoms with Gasteiger partial charge in [0.1, 0.15) is 5.82 Å². The average molecular weight is 287 g/mol. The third kappa shape index (κ3) is 4.18. The molecule has 1 aromatic rings. The molecule has 0 aliphatic carbocycles. The molecule has 0 radical (unpaired) electrons. The maximum atomic E-state index is 13.1. The summed E-state index contributed by atoms with van der Waals surface area (Å²) in [5.74, 6) is -0.0956. The standard InChI is InChI=1S/C14H19FN2O.ClH/c15-12-4-1-3-11(9-12)10-13-5-2-8-17(13)14(18)6-7-16;/h1,3-4,9,13H,2,5-8,10,16H2;1H. The number of hydrogen-bond donors (Lipinski definition) is 1. The monoisotopic (exact) mass is 286 g/mol. The molecule has 2 N–H and O–H groups in total. The Morgan fingerprint density at radius 1 is 1.47 bits per heavy atom. The van der Waals surface area contributed by atoms with E-state index in [2.05, 4.69) is 0 Å². The van der Waals surface area contributed by atoms with Crippen LogP contribution >= 0.6 is 12.4 Å². The third-order valence-electron chi connectivity index (χ3n) is 3.42. The second-order valence-electron chi connectivity index (χ2n) is 4.76. The van der Waals surface area contributed by atoms with Gasteiger partial charge in [-0.05, 0) is 37.0 Å². The fourth-order valence-corrected chi connectivity index (χ4v) is 2.58. The van der Waals surface area contributed by atoms with Crippen molar-refractivity contribution in [2.24, 2.45) is 5.73 Å². The molecule has 1 saturated heterocycles. The van der Waals surface area contributed by atoms with Crippen LogP contribution < -0.4 is 5.73 Å². The van der Waals surface area contributed by atoms with Gasteiger partial charge in [-0.15, -0.1) is 12.4 Å². The van der Waals surface area contributed by atoms with Crippen molar-refractivity contribution in [2.45, 2.75) is 31.7 Å². The zero-order chi connectivity index (χ0) is 13.0. The van der Waals surface area contributed by atoms with Crippen LogP contribution in [0.25, 0.3) is 0 Å². The number of halogens is 2. The van der Waals surface area contributed by atoms with Gasteiger partial charge in [-0.2, -0.15) is 0 Å². The first-order valence-corrected chi connectivity index (χ1v) is 6.44. The van der Waals surface area contributed by atoms with E-state index in [9.17, 15) is 9.18 Å². The number of nitrogens with zero attached hydrogens (tertiary/aromatic N) is 1. The van der Waals surface area contributed by atoms with Gasteiger partial charge in [-0.3, -0.25) is 4.79 Å². The Hall–Kier alpha value is -1.13. The molecule has 2 rings (SSSR count). The van der Waals surface area contributed by atoms with E-state index in [1.807, 2.05) is 11.0 Å². The maximum absolute atomic E-state index is 13.1. The molecule has 19 heavy (non-hydrogen) atoms. The number of nitrogens with two attached hydrogens (primary N) is 1. The Morgan fingerprint density at radius 2 is 2.26 bits per heavy atom. The minimum Gasteiger partial charge on any atom is -0.339 e. The molecule has 0 saturated carbocycles. The first-order valence-electron chi connectivity index (χ1n) is 6.44. The zero-order valence-corrected chi connectivity index (χ0v) is 11.7. The zero-order valence-electron chi connectivity index (χ0n) is 10.8. The van der Waals surface area contributed by atoms with E-state index >= 15 is 0 Å². The second-order valence-corrected chi connectivity index (χ2v) is 4.76. The fourth-order valence-electron chi connectivity index (χ4n) is 2.58. The lowest BCUT2D eigenvalue weighted by Gasteiger charge is -2.24. The fraction of sp³-hybridized carbons (Fsp3) is 0.500. The van der Waals surface area contributed by atoms with Crippen molar-refractivity contribution >= 4 is 18.3 Å². The van der Waals surface area contributed by atoms with E-state index in [0.29, 0.717) is 13.0 Å². The van der Waals surface area contributed by atoms with E-state index in [1.54, 1.807) is 12.1 Å². The van der Waals surface area contributed by atoms with Crippen LogP contribution in [-0.4, -0.2) is 29.9 Å². The van der Waals surface area contributed by atoms with Crippen LogP contribution in [0.2, 0.25) is 0 Å². The lowest BCUT2D eigenvalue weighted by atomic mass is 10.0. The van der Waals surface area contributed by atoms with E-state index in [1.165, 1.54) is 6.07 Å². The van der Waals surface area contributed by atoms with Crippen LogP contribution in [0.15, 0.2) is 24.3 Å². The van der Waals surface area contributed by atoms with Crippen molar-refractivity contribution in [3.63, 3.8) is 0 Å². The smallest absolute Gasteiger partial charge is 0.224 e. The maximum Gasteiger partial charge on any atom is 0.224 e. The number of likely N-dealkylation sites (tertiary alicyclic amines) is 1. The summed E-state index contributed by atoms with van der Waals surface area (Å²) >= 11 is 0. The van der Waals surface area contributed by atoms with Crippen molar-refractivity contribution < 1.29 is 9.18 Å². The molecule has 0 aromatic heterocycles. The molecule has 0 spiro atoms. The van der Waals surface area contributed by atoms with Crippen molar-refractivity contribution in [2.75, 3.05) is 13.1 Å². The molecular formula is C14H20ClFN2O. The van der Waals surface area contributed by atoms with Gasteiger partial charge in [-0.1, -0.05) is 12.1 Å². The van der Waals surface area contributed by atoms with Crippen LogP contribution in [0.1, 0.15) is 24.8 Å². The first-order chi connectivity index (χ1) is 8.70. The summed E-state index contributed by atoms with van der Waals surface area (Å²) < 4.78 is 13.1. The van der Waals surface area contributed by atoms with E-state index in [4.69, 9.17) is 5.73 Å². The topological polar surface area (TPSA) is 46.3 Å². The van der Waals surface area contributed by atoms with Gasteiger partial charge in [0.25, 0.3) is 0 Å². The highest BCUT2D eigenvalue weighted by Crippen LogP contribution is 2.22. The molecule has 3 nitrogen and oxygen atoms in total. The minimum absolute atomic E-state index is 0. The quantitative estimate of drug-likeness (QED) is 0.922. The predicted molar refractivity (Wildman–Crippen MR) is 75.8 cm³/mol. The molecule has 5 heteroatoms. The van der Waals surface area contributed by atoms with Crippen LogP contribution in [-0.2, 0) is 11.2 Å². The summed E-state index contributed by atoms with van der Waals surface area (Å²) in [5.41, 5.74) is 6.37. The summed E-state index contributed by atoms with van der Waals surface area (Å²) in [4.78, 5) is 13.8. The molecule has 106 valence electrons. The molecular weight excluding hydrogens is 267 g/mol. The summed E-state index contributed by atoms with van der Waals surface area (Å²) in [7, 11) is 0. The summed E-state index contributed by atoms with van der Waals surface area (Å²) in [6.45, 7) is 1.20. The molecule has 1 aliphatic rings. The Balaban J connectivity index is 0.00000180. The normalized spacial score (nSPS) is 18.2. The van der Waals surface area contributed by atoms with Gasteiger partial charge >= 0.3 is 0 Å². The van der Waals surface area contributed by atoms with Crippen LogP contribution in [0, 0.1) is 5.82 Å². The van der Waals surface area contributed by atoms with Crippen molar-refractivity contribution in [1.29, 1.82) is 0 Å². The lowest BCUT2D eigenvalue weighted by Crippen LogP contribution is -2.37. The number of carbonyl (C=O) groups excluding carboxylic acids is 1. The van der Waals surface area contributed by atoms with Crippen molar-refractivity contribution in [3.05, 3.63) is 35.6 Å². The number of carbonyl (C=O) groups is 1. The SMILES string of the molecule is Cl.NCCC(=O)N1CCCC1Cc1cccc(F)c1. The highest BCUT2D eigenvalue weighted by molar-refractivity contribution is 5.85. The summed E-state index contributed by atoms with van der Waals surface area (Å²) in [5, 5.41) is 0. The Kier molecular flexibility index (Phi) is 6.25. The van der Waals surface area contributed by atoms with E-state index < -0.39 is 0 Å². The lowest BCUT2D eigenvalue weighted by molar-refractivity contribution is -0.131. The van der Waals surface area contributed by atoms with Crippen LogP contribution in [0.4, 0.5) is 4.39 Å². The molecule has 1 unspecified atom stereocenters. The van der Waals surface area contributed by atoms with Gasteiger partial charge in [0, 0.05) is 25.6 Å². The van der Waals surface area contributed by atoms with Crippen LogP contribution in [0.3, 0.4) is 0 Å². The Bertz CT molecular complexity index is 428. The Labute approximate surface area is 119 Å². The molecule has 0 bridgehead atoms. The highest BCUT2D eigenvalue weighted by atomic mass is 35.5.